The highest BCUT2D eigenvalue weighted by atomic mass is 16.8. The van der Waals surface area contributed by atoms with Crippen molar-refractivity contribution >= 4 is 11.8 Å². The average Bonchev–Trinajstić information content (AvgIpc) is 2.44. The third-order valence-corrected chi connectivity index (χ3v) is 2.36. The van der Waals surface area contributed by atoms with Crippen molar-refractivity contribution in [2.75, 3.05) is 20.7 Å². The zero-order chi connectivity index (χ0) is 14.3. The molecule has 0 aliphatic heterocycles. The lowest BCUT2D eigenvalue weighted by atomic mass is 10.3. The van der Waals surface area contributed by atoms with Crippen molar-refractivity contribution < 1.29 is 19.3 Å². The van der Waals surface area contributed by atoms with E-state index in [0.29, 0.717) is 22.9 Å². The quantitative estimate of drug-likeness (QED) is 0.799. The van der Waals surface area contributed by atoms with Crippen molar-refractivity contribution in [2.45, 2.75) is 13.3 Å². The first-order valence-electron chi connectivity index (χ1n) is 5.90. The van der Waals surface area contributed by atoms with Gasteiger partial charge in [0.05, 0.1) is 4.91 Å². The van der Waals surface area contributed by atoms with Crippen LogP contribution in [0.3, 0.4) is 0 Å². The summed E-state index contributed by atoms with van der Waals surface area (Å²) in [5.74, 6) is 0.356. The third kappa shape index (κ3) is 4.22. The van der Waals surface area contributed by atoms with Crippen LogP contribution in [0.4, 0.5) is 10.5 Å². The second-order valence-electron chi connectivity index (χ2n) is 3.68. The van der Waals surface area contributed by atoms with Crippen molar-refractivity contribution in [1.82, 2.24) is 10.4 Å². The van der Waals surface area contributed by atoms with E-state index in [4.69, 9.17) is 4.74 Å². The van der Waals surface area contributed by atoms with Gasteiger partial charge in [-0.05, 0) is 18.6 Å². The maximum atomic E-state index is 11.8. The van der Waals surface area contributed by atoms with Gasteiger partial charge in [0.25, 0.3) is 4.92 Å². The fourth-order valence-electron chi connectivity index (χ4n) is 1.42. The molecule has 0 atom stereocenters. The molecule has 0 unspecified atom stereocenters. The number of hydrogen-bond acceptors (Lipinski definition) is 5. The molecule has 0 saturated carbocycles. The van der Waals surface area contributed by atoms with Gasteiger partial charge < -0.3 is 4.74 Å². The number of carbonyl (C=O) groups is 1. The van der Waals surface area contributed by atoms with E-state index < -0.39 is 6.09 Å². The Balaban J connectivity index is 2.67. The van der Waals surface area contributed by atoms with Crippen LogP contribution in [0.5, 0.6) is 5.75 Å². The number of rotatable bonds is 6. The molecule has 7 nitrogen and oxygen atoms in total. The highest BCUT2D eigenvalue weighted by molar-refractivity contribution is 5.70. The summed E-state index contributed by atoms with van der Waals surface area (Å²) in [5, 5.41) is 1.36. The highest BCUT2D eigenvalue weighted by Crippen LogP contribution is 2.18. The lowest BCUT2D eigenvalue weighted by Crippen LogP contribution is -2.42. The maximum absolute atomic E-state index is 11.8. The molecule has 1 rings (SSSR count). The summed E-state index contributed by atoms with van der Waals surface area (Å²) in [4.78, 5) is 27.8. The summed E-state index contributed by atoms with van der Waals surface area (Å²) in [6.45, 7) is 2.51. The molecule has 0 aliphatic carbocycles. The summed E-state index contributed by atoms with van der Waals surface area (Å²) in [6, 6.07) is 6.05. The van der Waals surface area contributed by atoms with Crippen LogP contribution < -0.4 is 10.2 Å². The van der Waals surface area contributed by atoms with E-state index in [1.165, 1.54) is 36.4 Å². The molecule has 7 heteroatoms. The lowest BCUT2D eigenvalue weighted by molar-refractivity contribution is -0.736. The van der Waals surface area contributed by atoms with Crippen LogP contribution in [0.25, 0.3) is 0 Å². The minimum absolute atomic E-state index is 0.321. The number of amides is 1. The van der Waals surface area contributed by atoms with Crippen LogP contribution in [0.2, 0.25) is 0 Å². The largest absolute Gasteiger partial charge is 0.429 e. The molecule has 0 saturated heterocycles. The number of carbonyl (C=O) groups excluding carboxylic acids is 1. The monoisotopic (exact) mass is 268 g/mol. The molecule has 104 valence electrons. The van der Waals surface area contributed by atoms with E-state index >= 15 is 0 Å². The average molecular weight is 268 g/mol. The molecule has 1 N–H and O–H groups in total. The summed E-state index contributed by atoms with van der Waals surface area (Å²) >= 11 is 0. The lowest BCUT2D eigenvalue weighted by Gasteiger charge is -2.19. The Bertz CT molecular complexity index is 433. The van der Waals surface area contributed by atoms with Crippen molar-refractivity contribution in [1.29, 1.82) is 0 Å². The number of hydrogen-bond donors (Lipinski definition) is 1. The van der Waals surface area contributed by atoms with Crippen LogP contribution in [0.1, 0.15) is 13.3 Å². The van der Waals surface area contributed by atoms with Gasteiger partial charge in [0.1, 0.15) is 5.75 Å². The minimum atomic E-state index is -0.497. The smallest absolute Gasteiger partial charge is 0.409 e. The Morgan fingerprint density at radius 2 is 2.00 bits per heavy atom. The molecule has 0 heterocycles. The molecule has 1 aromatic carbocycles. The second-order valence-corrected chi connectivity index (χ2v) is 3.68. The van der Waals surface area contributed by atoms with Crippen LogP contribution in [-0.4, -0.2) is 36.7 Å². The Kier molecular flexibility index (Phi) is 5.74. The van der Waals surface area contributed by atoms with Gasteiger partial charge in [-0.2, -0.15) is 0 Å². The van der Waals surface area contributed by atoms with E-state index in [0.717, 1.165) is 6.42 Å². The van der Waals surface area contributed by atoms with Gasteiger partial charge >= 0.3 is 11.8 Å². The summed E-state index contributed by atoms with van der Waals surface area (Å²) in [6.07, 6.45) is 0.316. The first-order valence-corrected chi connectivity index (χ1v) is 5.90. The molecule has 0 aromatic heterocycles. The molecule has 0 aliphatic rings. The van der Waals surface area contributed by atoms with Crippen LogP contribution in [-0.2, 0) is 4.84 Å². The van der Waals surface area contributed by atoms with Gasteiger partial charge in [-0.1, -0.05) is 6.92 Å². The Morgan fingerprint density at radius 3 is 2.47 bits per heavy atom. The molecule has 19 heavy (non-hydrogen) atoms. The first-order chi connectivity index (χ1) is 9.12. The van der Waals surface area contributed by atoms with Crippen LogP contribution >= 0.6 is 0 Å². The van der Waals surface area contributed by atoms with Crippen molar-refractivity contribution in [3.63, 3.8) is 0 Å². The SMILES string of the molecule is CCCN(NC)C(=O)Oc1ccc([N+](=O)OC)cc1. The zero-order valence-corrected chi connectivity index (χ0v) is 11.3. The normalized spacial score (nSPS) is 9.84. The maximum Gasteiger partial charge on any atom is 0.429 e. The predicted octanol–water partition coefficient (Wildman–Crippen LogP) is 2.00. The van der Waals surface area contributed by atoms with E-state index in [9.17, 15) is 9.70 Å². The Hall–Kier alpha value is -2.15. The summed E-state index contributed by atoms with van der Waals surface area (Å²) < 4.78 is 5.15. The third-order valence-electron chi connectivity index (χ3n) is 2.36. The van der Waals surface area contributed by atoms with E-state index in [1.807, 2.05) is 6.92 Å². The fraction of sp³-hybridized carbons (Fsp3) is 0.417. The van der Waals surface area contributed by atoms with Crippen LogP contribution in [0.15, 0.2) is 24.3 Å². The van der Waals surface area contributed by atoms with E-state index in [1.54, 1.807) is 7.05 Å². The number of ether oxygens (including phenoxy) is 1. The Labute approximate surface area is 111 Å². The second kappa shape index (κ2) is 7.32. The standard InChI is InChI=1S/C12H18N3O4/c1-4-9-14(13-2)12(16)19-11-7-5-10(6-8-11)15(17)18-3/h5-8,13H,4,9H2,1-3H3/q+1. The Morgan fingerprint density at radius 1 is 1.37 bits per heavy atom. The highest BCUT2D eigenvalue weighted by Gasteiger charge is 2.16. The number of nitrogens with zero attached hydrogens (tertiary/aromatic N) is 2. The molecule has 1 aromatic rings. The van der Waals surface area contributed by atoms with E-state index in [2.05, 4.69) is 10.3 Å². The van der Waals surface area contributed by atoms with Gasteiger partial charge in [0, 0.05) is 25.7 Å². The molecule has 0 fully saturated rings. The molecular formula is C12H18N3O4+. The minimum Gasteiger partial charge on any atom is -0.409 e. The summed E-state index contributed by atoms with van der Waals surface area (Å²) in [7, 11) is 2.92. The summed E-state index contributed by atoms with van der Waals surface area (Å²) in [5.41, 5.74) is 3.06. The van der Waals surface area contributed by atoms with Crippen molar-refractivity contribution in [2.24, 2.45) is 0 Å². The van der Waals surface area contributed by atoms with Gasteiger partial charge in [0.15, 0.2) is 7.11 Å². The van der Waals surface area contributed by atoms with Crippen molar-refractivity contribution in [3.8, 4) is 5.75 Å². The topological polar surface area (TPSA) is 70.9 Å². The van der Waals surface area contributed by atoms with Gasteiger partial charge in [0.2, 0.25) is 0 Å². The van der Waals surface area contributed by atoms with E-state index in [-0.39, 0.29) is 0 Å². The molecule has 0 spiro atoms. The molecule has 1 amide bonds. The van der Waals surface area contributed by atoms with Crippen molar-refractivity contribution in [3.05, 3.63) is 29.2 Å². The number of hydrazine groups is 1. The predicted molar refractivity (Wildman–Crippen MR) is 68.8 cm³/mol. The fourth-order valence-corrected chi connectivity index (χ4v) is 1.42. The molecule has 0 bridgehead atoms. The first kappa shape index (κ1) is 14.9. The van der Waals surface area contributed by atoms with Gasteiger partial charge in [-0.3, -0.25) is 0 Å². The van der Waals surface area contributed by atoms with Crippen LogP contribution in [0, 0.1) is 4.91 Å². The molecular weight excluding hydrogens is 250 g/mol. The number of nitrogens with one attached hydrogen (secondary N) is 1. The number of benzene rings is 1. The van der Waals surface area contributed by atoms with Gasteiger partial charge in [-0.15, -0.1) is 0 Å². The zero-order valence-electron chi connectivity index (χ0n) is 11.3. The molecule has 0 radical (unpaired) electrons. The van der Waals surface area contributed by atoms with Gasteiger partial charge in [-0.25, -0.2) is 20.1 Å².